The quantitative estimate of drug-likeness (QED) is 0.851. The molecule has 0 fully saturated rings. The lowest BCUT2D eigenvalue weighted by atomic mass is 9.92. The summed E-state index contributed by atoms with van der Waals surface area (Å²) in [7, 11) is 3.13. The van der Waals surface area contributed by atoms with Crippen LogP contribution in [0.2, 0.25) is 0 Å². The van der Waals surface area contributed by atoms with Crippen LogP contribution >= 0.6 is 0 Å². The van der Waals surface area contributed by atoms with Crippen molar-refractivity contribution < 1.29 is 19.0 Å². The molecule has 0 aliphatic heterocycles. The van der Waals surface area contributed by atoms with Crippen molar-refractivity contribution in [2.24, 2.45) is 0 Å². The van der Waals surface area contributed by atoms with Gasteiger partial charge in [-0.2, -0.15) is 0 Å². The van der Waals surface area contributed by atoms with E-state index in [1.807, 2.05) is 6.07 Å². The van der Waals surface area contributed by atoms with E-state index in [-0.39, 0.29) is 5.91 Å². The number of nitrogens with one attached hydrogen (secondary N) is 1. The maximum atomic E-state index is 12.5. The van der Waals surface area contributed by atoms with Gasteiger partial charge in [0.15, 0.2) is 17.6 Å². The van der Waals surface area contributed by atoms with E-state index in [2.05, 4.69) is 17.4 Å². The molecule has 2 aromatic rings. The summed E-state index contributed by atoms with van der Waals surface area (Å²) in [5.41, 5.74) is 3.36. The van der Waals surface area contributed by atoms with Crippen molar-refractivity contribution in [1.29, 1.82) is 0 Å². The Kier molecular flexibility index (Phi) is 5.66. The number of anilines is 1. The SMILES string of the molecule is COc1ccc(NC(=O)[C@@H](C)Oc2ccc3c(c2)CCCC3)cc1OC. The Morgan fingerprint density at radius 2 is 1.69 bits per heavy atom. The maximum absolute atomic E-state index is 12.5. The van der Waals surface area contributed by atoms with Gasteiger partial charge in [-0.3, -0.25) is 4.79 Å². The van der Waals surface area contributed by atoms with E-state index in [1.165, 1.54) is 24.0 Å². The predicted octanol–water partition coefficient (Wildman–Crippen LogP) is 3.99. The zero-order valence-electron chi connectivity index (χ0n) is 15.5. The van der Waals surface area contributed by atoms with Gasteiger partial charge in [-0.1, -0.05) is 6.07 Å². The fourth-order valence-corrected chi connectivity index (χ4v) is 3.20. The number of amides is 1. The van der Waals surface area contributed by atoms with E-state index in [0.717, 1.165) is 18.6 Å². The van der Waals surface area contributed by atoms with Gasteiger partial charge < -0.3 is 19.5 Å². The van der Waals surface area contributed by atoms with Gasteiger partial charge in [0.2, 0.25) is 0 Å². The smallest absolute Gasteiger partial charge is 0.265 e. The second kappa shape index (κ2) is 8.13. The van der Waals surface area contributed by atoms with Crippen molar-refractivity contribution in [2.75, 3.05) is 19.5 Å². The fraction of sp³-hybridized carbons (Fsp3) is 0.381. The summed E-state index contributed by atoms with van der Waals surface area (Å²) in [6.45, 7) is 1.75. The first-order valence-electron chi connectivity index (χ1n) is 8.92. The largest absolute Gasteiger partial charge is 0.493 e. The van der Waals surface area contributed by atoms with Crippen molar-refractivity contribution in [3.8, 4) is 17.2 Å². The topological polar surface area (TPSA) is 56.8 Å². The number of carbonyl (C=O) groups excluding carboxylic acids is 1. The molecular formula is C21H25NO4. The number of fused-ring (bicyclic) bond motifs is 1. The van der Waals surface area contributed by atoms with Gasteiger partial charge in [0.25, 0.3) is 5.91 Å². The van der Waals surface area contributed by atoms with Crippen LogP contribution in [0.5, 0.6) is 17.2 Å². The average Bonchev–Trinajstić information content (AvgIpc) is 2.67. The summed E-state index contributed by atoms with van der Waals surface area (Å²) in [5, 5.41) is 2.85. The van der Waals surface area contributed by atoms with Crippen LogP contribution in [0.4, 0.5) is 5.69 Å². The number of hydrogen-bond donors (Lipinski definition) is 1. The van der Waals surface area contributed by atoms with Crippen molar-refractivity contribution >= 4 is 11.6 Å². The molecular weight excluding hydrogens is 330 g/mol. The molecule has 26 heavy (non-hydrogen) atoms. The van der Waals surface area contributed by atoms with Crippen LogP contribution in [-0.2, 0) is 17.6 Å². The summed E-state index contributed by atoms with van der Waals surface area (Å²) < 4.78 is 16.3. The third-order valence-electron chi connectivity index (χ3n) is 4.65. The van der Waals surface area contributed by atoms with Crippen LogP contribution in [0.25, 0.3) is 0 Å². The second-order valence-electron chi connectivity index (χ2n) is 6.46. The highest BCUT2D eigenvalue weighted by molar-refractivity contribution is 5.94. The van der Waals surface area contributed by atoms with Crippen molar-refractivity contribution in [2.45, 2.75) is 38.7 Å². The van der Waals surface area contributed by atoms with Crippen LogP contribution in [-0.4, -0.2) is 26.2 Å². The van der Waals surface area contributed by atoms with Gasteiger partial charge >= 0.3 is 0 Å². The van der Waals surface area contributed by atoms with Gasteiger partial charge in [-0.25, -0.2) is 0 Å². The normalized spacial score (nSPS) is 14.1. The van der Waals surface area contributed by atoms with Crippen molar-refractivity contribution in [3.05, 3.63) is 47.5 Å². The van der Waals surface area contributed by atoms with E-state index in [4.69, 9.17) is 14.2 Å². The molecule has 138 valence electrons. The summed E-state index contributed by atoms with van der Waals surface area (Å²) in [4.78, 5) is 12.5. The monoisotopic (exact) mass is 355 g/mol. The molecule has 1 aliphatic carbocycles. The van der Waals surface area contributed by atoms with Crippen molar-refractivity contribution in [1.82, 2.24) is 0 Å². The average molecular weight is 355 g/mol. The maximum Gasteiger partial charge on any atom is 0.265 e. The molecule has 0 spiro atoms. The highest BCUT2D eigenvalue weighted by Gasteiger charge is 2.17. The van der Waals surface area contributed by atoms with Gasteiger partial charge in [0.05, 0.1) is 14.2 Å². The standard InChI is InChI=1S/C21H25NO4/c1-14(26-18-10-8-15-6-4-5-7-16(15)12-18)21(23)22-17-9-11-19(24-2)20(13-17)25-3/h8-14H,4-7H2,1-3H3,(H,22,23)/t14-/m1/s1. The molecule has 3 rings (SSSR count). The fourth-order valence-electron chi connectivity index (χ4n) is 3.20. The number of ether oxygens (including phenoxy) is 3. The van der Waals surface area contributed by atoms with E-state index >= 15 is 0 Å². The number of rotatable bonds is 6. The molecule has 5 nitrogen and oxygen atoms in total. The molecule has 0 unspecified atom stereocenters. The van der Waals surface area contributed by atoms with E-state index in [1.54, 1.807) is 39.3 Å². The Labute approximate surface area is 154 Å². The van der Waals surface area contributed by atoms with Crippen LogP contribution in [0, 0.1) is 0 Å². The summed E-state index contributed by atoms with van der Waals surface area (Å²) >= 11 is 0. The lowest BCUT2D eigenvalue weighted by Crippen LogP contribution is -2.30. The molecule has 0 bridgehead atoms. The minimum atomic E-state index is -0.607. The van der Waals surface area contributed by atoms with Gasteiger partial charge in [-0.05, 0) is 68.0 Å². The predicted molar refractivity (Wildman–Crippen MR) is 101 cm³/mol. The van der Waals surface area contributed by atoms with Crippen LogP contribution in [0.3, 0.4) is 0 Å². The number of methoxy groups -OCH3 is 2. The molecule has 2 aromatic carbocycles. The Balaban J connectivity index is 1.64. The molecule has 0 radical (unpaired) electrons. The molecule has 1 N–H and O–H groups in total. The zero-order chi connectivity index (χ0) is 18.5. The molecule has 0 aromatic heterocycles. The first-order valence-corrected chi connectivity index (χ1v) is 8.92. The van der Waals surface area contributed by atoms with Crippen LogP contribution in [0.15, 0.2) is 36.4 Å². The van der Waals surface area contributed by atoms with Gasteiger partial charge in [-0.15, -0.1) is 0 Å². The summed E-state index contributed by atoms with van der Waals surface area (Å²) in [6.07, 6.45) is 4.07. The number of hydrogen-bond acceptors (Lipinski definition) is 4. The minimum Gasteiger partial charge on any atom is -0.493 e. The molecule has 1 atom stereocenters. The lowest BCUT2D eigenvalue weighted by Gasteiger charge is -2.19. The van der Waals surface area contributed by atoms with Crippen molar-refractivity contribution in [3.63, 3.8) is 0 Å². The first kappa shape index (κ1) is 18.1. The Hall–Kier alpha value is -2.69. The third kappa shape index (κ3) is 4.10. The Morgan fingerprint density at radius 1 is 0.962 bits per heavy atom. The molecule has 0 saturated carbocycles. The van der Waals surface area contributed by atoms with Crippen LogP contribution in [0.1, 0.15) is 30.9 Å². The highest BCUT2D eigenvalue weighted by Crippen LogP contribution is 2.30. The Bertz CT molecular complexity index is 788. The van der Waals surface area contributed by atoms with E-state index < -0.39 is 6.10 Å². The number of aryl methyl sites for hydroxylation is 2. The number of carbonyl (C=O) groups is 1. The van der Waals surface area contributed by atoms with Gasteiger partial charge in [0, 0.05) is 11.8 Å². The summed E-state index contributed by atoms with van der Waals surface area (Å²) in [6, 6.07) is 11.4. The molecule has 0 saturated heterocycles. The Morgan fingerprint density at radius 3 is 2.42 bits per heavy atom. The third-order valence-corrected chi connectivity index (χ3v) is 4.65. The molecule has 1 amide bonds. The zero-order valence-corrected chi connectivity index (χ0v) is 15.5. The highest BCUT2D eigenvalue weighted by atomic mass is 16.5. The lowest BCUT2D eigenvalue weighted by molar-refractivity contribution is -0.122. The molecule has 5 heteroatoms. The van der Waals surface area contributed by atoms with E-state index in [0.29, 0.717) is 17.2 Å². The van der Waals surface area contributed by atoms with E-state index in [9.17, 15) is 4.79 Å². The minimum absolute atomic E-state index is 0.213. The second-order valence-corrected chi connectivity index (χ2v) is 6.46. The number of benzene rings is 2. The van der Waals surface area contributed by atoms with Crippen LogP contribution < -0.4 is 19.5 Å². The first-order chi connectivity index (χ1) is 12.6. The summed E-state index contributed by atoms with van der Waals surface area (Å²) in [5.74, 6) is 1.70. The van der Waals surface area contributed by atoms with Gasteiger partial charge in [0.1, 0.15) is 5.75 Å². The molecule has 1 aliphatic rings. The molecule has 0 heterocycles.